The first kappa shape index (κ1) is 14.0. The second kappa shape index (κ2) is 5.50. The zero-order valence-electron chi connectivity index (χ0n) is 11.4. The zero-order valence-corrected chi connectivity index (χ0v) is 11.4. The normalized spacial score (nSPS) is 30.6. The van der Waals surface area contributed by atoms with Gasteiger partial charge in [0.05, 0.1) is 5.60 Å². The minimum atomic E-state index is 0.0125. The topological polar surface area (TPSA) is 29.5 Å². The van der Waals surface area contributed by atoms with Gasteiger partial charge < -0.3 is 9.84 Å². The highest BCUT2D eigenvalue weighted by atomic mass is 16.5. The molecule has 2 unspecified atom stereocenters. The van der Waals surface area contributed by atoms with Crippen molar-refractivity contribution in [1.29, 1.82) is 0 Å². The number of ether oxygens (including phenoxy) is 1. The smallest absolute Gasteiger partial charge is 0.0739 e. The lowest BCUT2D eigenvalue weighted by atomic mass is 9.64. The predicted molar refractivity (Wildman–Crippen MR) is 67.5 cm³/mol. The molecule has 0 aliphatic carbocycles. The number of hydrogen-bond donors (Lipinski definition) is 1. The van der Waals surface area contributed by atoms with Crippen LogP contribution in [0.15, 0.2) is 0 Å². The minimum absolute atomic E-state index is 0.0125. The molecule has 1 rings (SSSR count). The predicted octanol–water partition coefficient (Wildman–Crippen LogP) is 3.38. The summed E-state index contributed by atoms with van der Waals surface area (Å²) < 4.78 is 6.15. The number of aliphatic hydroxyl groups excluding tert-OH is 1. The molecule has 0 amide bonds. The van der Waals surface area contributed by atoms with Crippen LogP contribution in [-0.4, -0.2) is 23.9 Å². The standard InChI is InChI=1S/C14H28O2/c1-5-13(6-2)8-9-16-14(13,7-3)10-12(4)11-15/h12,15H,5-11H2,1-4H3. The lowest BCUT2D eigenvalue weighted by Crippen LogP contribution is -2.45. The molecule has 0 saturated carbocycles. The summed E-state index contributed by atoms with van der Waals surface area (Å²) in [5.41, 5.74) is 0.351. The summed E-state index contributed by atoms with van der Waals surface area (Å²) in [6, 6.07) is 0. The Labute approximate surface area is 100 Å². The third-order valence-electron chi connectivity index (χ3n) is 4.84. The first-order chi connectivity index (χ1) is 7.59. The monoisotopic (exact) mass is 228 g/mol. The van der Waals surface area contributed by atoms with Crippen LogP contribution in [-0.2, 0) is 4.74 Å². The molecule has 2 atom stereocenters. The molecule has 0 bridgehead atoms. The molecule has 0 aromatic heterocycles. The molecule has 1 saturated heterocycles. The van der Waals surface area contributed by atoms with E-state index in [1.54, 1.807) is 0 Å². The Morgan fingerprint density at radius 3 is 2.25 bits per heavy atom. The van der Waals surface area contributed by atoms with E-state index in [0.29, 0.717) is 11.3 Å². The fourth-order valence-corrected chi connectivity index (χ4v) is 3.59. The molecule has 0 aromatic rings. The maximum absolute atomic E-state index is 9.27. The number of rotatable bonds is 6. The van der Waals surface area contributed by atoms with Crippen LogP contribution in [0.5, 0.6) is 0 Å². The van der Waals surface area contributed by atoms with Gasteiger partial charge in [0.1, 0.15) is 0 Å². The Morgan fingerprint density at radius 2 is 1.81 bits per heavy atom. The summed E-state index contributed by atoms with van der Waals surface area (Å²) in [5.74, 6) is 0.343. The average Bonchev–Trinajstić information content (AvgIpc) is 2.68. The Hall–Kier alpha value is -0.0800. The average molecular weight is 228 g/mol. The number of aliphatic hydroxyl groups is 1. The molecule has 0 radical (unpaired) electrons. The first-order valence-corrected chi connectivity index (χ1v) is 6.84. The molecule has 2 nitrogen and oxygen atoms in total. The molecule has 2 heteroatoms. The van der Waals surface area contributed by atoms with E-state index in [2.05, 4.69) is 27.7 Å². The van der Waals surface area contributed by atoms with E-state index < -0.39 is 0 Å². The Kier molecular flexibility index (Phi) is 4.81. The molecule has 1 heterocycles. The van der Waals surface area contributed by atoms with Crippen molar-refractivity contribution in [1.82, 2.24) is 0 Å². The third-order valence-corrected chi connectivity index (χ3v) is 4.84. The van der Waals surface area contributed by atoms with Crippen molar-refractivity contribution in [2.24, 2.45) is 11.3 Å². The lowest BCUT2D eigenvalue weighted by Gasteiger charge is -2.45. The van der Waals surface area contributed by atoms with Crippen LogP contribution in [0.3, 0.4) is 0 Å². The molecule has 1 aliphatic rings. The van der Waals surface area contributed by atoms with Gasteiger partial charge >= 0.3 is 0 Å². The SMILES string of the molecule is CCC1(CC)CCOC1(CC)CC(C)CO. The van der Waals surface area contributed by atoms with E-state index >= 15 is 0 Å². The van der Waals surface area contributed by atoms with Crippen LogP contribution in [0, 0.1) is 11.3 Å². The summed E-state index contributed by atoms with van der Waals surface area (Å²) in [6.07, 6.45) is 5.64. The van der Waals surface area contributed by atoms with Crippen LogP contribution in [0.4, 0.5) is 0 Å². The Bertz CT molecular complexity index is 211. The van der Waals surface area contributed by atoms with E-state index in [1.165, 1.54) is 19.3 Å². The van der Waals surface area contributed by atoms with Gasteiger partial charge in [-0.2, -0.15) is 0 Å². The lowest BCUT2D eigenvalue weighted by molar-refractivity contribution is -0.0892. The van der Waals surface area contributed by atoms with E-state index in [-0.39, 0.29) is 12.2 Å². The van der Waals surface area contributed by atoms with Crippen LogP contribution in [0.1, 0.15) is 59.8 Å². The Morgan fingerprint density at radius 1 is 1.19 bits per heavy atom. The van der Waals surface area contributed by atoms with Gasteiger partial charge in [0.15, 0.2) is 0 Å². The van der Waals surface area contributed by atoms with Crippen molar-refractivity contribution in [3.8, 4) is 0 Å². The molecule has 96 valence electrons. The summed E-state index contributed by atoms with van der Waals surface area (Å²) in [5, 5.41) is 9.27. The van der Waals surface area contributed by atoms with Crippen LogP contribution in [0.25, 0.3) is 0 Å². The third kappa shape index (κ3) is 2.14. The van der Waals surface area contributed by atoms with Crippen molar-refractivity contribution in [2.45, 2.75) is 65.4 Å². The van der Waals surface area contributed by atoms with Gasteiger partial charge in [-0.1, -0.05) is 27.7 Å². The van der Waals surface area contributed by atoms with Gasteiger partial charge in [-0.3, -0.25) is 0 Å². The highest BCUT2D eigenvalue weighted by molar-refractivity contribution is 5.02. The summed E-state index contributed by atoms with van der Waals surface area (Å²) in [4.78, 5) is 0. The maximum atomic E-state index is 9.27. The molecule has 0 spiro atoms. The molecule has 0 aromatic carbocycles. The molecular weight excluding hydrogens is 200 g/mol. The molecular formula is C14H28O2. The van der Waals surface area contributed by atoms with Gasteiger partial charge in [-0.05, 0) is 38.0 Å². The van der Waals surface area contributed by atoms with Gasteiger partial charge in [0.2, 0.25) is 0 Å². The van der Waals surface area contributed by atoms with Crippen molar-refractivity contribution in [3.63, 3.8) is 0 Å². The summed E-state index contributed by atoms with van der Waals surface area (Å²) in [6.45, 7) is 10.1. The van der Waals surface area contributed by atoms with Crippen LogP contribution < -0.4 is 0 Å². The molecule has 1 aliphatic heterocycles. The van der Waals surface area contributed by atoms with Crippen molar-refractivity contribution in [2.75, 3.05) is 13.2 Å². The second-order valence-electron chi connectivity index (χ2n) is 5.43. The minimum Gasteiger partial charge on any atom is -0.396 e. The van der Waals surface area contributed by atoms with Gasteiger partial charge in [-0.25, -0.2) is 0 Å². The highest BCUT2D eigenvalue weighted by Gasteiger charge is 2.52. The quantitative estimate of drug-likeness (QED) is 0.755. The van der Waals surface area contributed by atoms with Crippen molar-refractivity contribution >= 4 is 0 Å². The van der Waals surface area contributed by atoms with Crippen LogP contribution >= 0.6 is 0 Å². The first-order valence-electron chi connectivity index (χ1n) is 6.84. The summed E-state index contributed by atoms with van der Waals surface area (Å²) in [7, 11) is 0. The van der Waals surface area contributed by atoms with E-state index in [4.69, 9.17) is 4.74 Å². The summed E-state index contributed by atoms with van der Waals surface area (Å²) >= 11 is 0. The molecule has 16 heavy (non-hydrogen) atoms. The fourth-order valence-electron chi connectivity index (χ4n) is 3.59. The highest BCUT2D eigenvalue weighted by Crippen LogP contribution is 2.53. The van der Waals surface area contributed by atoms with Gasteiger partial charge in [0.25, 0.3) is 0 Å². The van der Waals surface area contributed by atoms with Crippen LogP contribution in [0.2, 0.25) is 0 Å². The largest absolute Gasteiger partial charge is 0.396 e. The molecule has 1 fully saturated rings. The molecule has 1 N–H and O–H groups in total. The van der Waals surface area contributed by atoms with Crippen molar-refractivity contribution < 1.29 is 9.84 Å². The Balaban J connectivity index is 2.91. The van der Waals surface area contributed by atoms with Gasteiger partial charge in [0, 0.05) is 18.6 Å². The van der Waals surface area contributed by atoms with E-state index in [0.717, 1.165) is 19.4 Å². The fraction of sp³-hybridized carbons (Fsp3) is 1.00. The maximum Gasteiger partial charge on any atom is 0.0739 e. The van der Waals surface area contributed by atoms with E-state index in [9.17, 15) is 5.11 Å². The zero-order chi connectivity index (χ0) is 12.2. The van der Waals surface area contributed by atoms with Gasteiger partial charge in [-0.15, -0.1) is 0 Å². The number of hydrogen-bond acceptors (Lipinski definition) is 2. The second-order valence-corrected chi connectivity index (χ2v) is 5.43. The van der Waals surface area contributed by atoms with Crippen molar-refractivity contribution in [3.05, 3.63) is 0 Å². The van der Waals surface area contributed by atoms with E-state index in [1.807, 2.05) is 0 Å².